The zero-order valence-corrected chi connectivity index (χ0v) is 15.1. The third-order valence-electron chi connectivity index (χ3n) is 5.57. The number of nitriles is 2. The summed E-state index contributed by atoms with van der Waals surface area (Å²) < 4.78 is 10.3. The highest BCUT2D eigenvalue weighted by atomic mass is 16.5. The number of rotatable bonds is 5. The molecule has 1 aromatic rings. The number of ether oxygens (including phenoxy) is 1. The molecular formula is C20H23N3O3. The van der Waals surface area contributed by atoms with Gasteiger partial charge in [-0.15, -0.1) is 0 Å². The smallest absolute Gasteiger partial charge is 0.373 e. The number of piperidine rings is 1. The molecule has 0 aromatic carbocycles. The van der Waals surface area contributed by atoms with Crippen molar-refractivity contribution in [3.8, 4) is 12.1 Å². The Hall–Kier alpha value is -2.57. The Morgan fingerprint density at radius 2 is 1.96 bits per heavy atom. The van der Waals surface area contributed by atoms with E-state index in [0.29, 0.717) is 18.2 Å². The quantitative estimate of drug-likeness (QED) is 0.645. The van der Waals surface area contributed by atoms with Crippen LogP contribution >= 0.6 is 0 Å². The van der Waals surface area contributed by atoms with Crippen molar-refractivity contribution >= 4 is 5.97 Å². The summed E-state index contributed by atoms with van der Waals surface area (Å²) in [7, 11) is 1.32. The van der Waals surface area contributed by atoms with Gasteiger partial charge in [-0.05, 0) is 42.9 Å². The number of allylic oxidation sites excluding steroid dienone is 1. The van der Waals surface area contributed by atoms with Crippen molar-refractivity contribution in [2.24, 2.45) is 11.8 Å². The van der Waals surface area contributed by atoms with Gasteiger partial charge in [0.05, 0.1) is 7.11 Å². The van der Waals surface area contributed by atoms with Crippen LogP contribution in [0, 0.1) is 34.5 Å². The van der Waals surface area contributed by atoms with E-state index in [2.05, 4.69) is 24.4 Å². The number of nitrogens with one attached hydrogen (secondary N) is 1. The van der Waals surface area contributed by atoms with Crippen LogP contribution in [0.4, 0.5) is 0 Å². The van der Waals surface area contributed by atoms with E-state index in [1.165, 1.54) is 7.11 Å². The van der Waals surface area contributed by atoms with Crippen LogP contribution in [-0.2, 0) is 11.2 Å². The predicted molar refractivity (Wildman–Crippen MR) is 93.8 cm³/mol. The molecule has 2 saturated heterocycles. The molecule has 3 rings (SSSR count). The number of esters is 1. The Morgan fingerprint density at radius 3 is 2.58 bits per heavy atom. The number of hydrogen-bond acceptors (Lipinski definition) is 6. The topological polar surface area (TPSA) is 99.1 Å². The number of carbonyl (C=O) groups excluding carboxylic acids is 1. The average molecular weight is 353 g/mol. The maximum atomic E-state index is 11.6. The van der Waals surface area contributed by atoms with Gasteiger partial charge in [0.15, 0.2) is 0 Å². The van der Waals surface area contributed by atoms with E-state index in [9.17, 15) is 15.3 Å². The molecule has 0 aliphatic carbocycles. The minimum atomic E-state index is -0.506. The molecule has 0 amide bonds. The maximum Gasteiger partial charge on any atom is 0.373 e. The molecule has 136 valence electrons. The molecule has 0 radical (unpaired) electrons. The molecule has 2 fully saturated rings. The first-order chi connectivity index (χ1) is 12.6. The van der Waals surface area contributed by atoms with Crippen molar-refractivity contribution in [3.05, 3.63) is 34.8 Å². The third-order valence-corrected chi connectivity index (χ3v) is 5.57. The van der Waals surface area contributed by atoms with Crippen LogP contribution in [0.5, 0.6) is 0 Å². The SMILES string of the molecule is CCC[C@@H]1C(=C(C#N)C#N)[C@H](Cc2ccc(C(=O)OC)o2)[C@H]2CC[C@@H]1N2. The van der Waals surface area contributed by atoms with Crippen LogP contribution in [0.15, 0.2) is 27.7 Å². The first-order valence-corrected chi connectivity index (χ1v) is 9.10. The van der Waals surface area contributed by atoms with Crippen LogP contribution in [0.25, 0.3) is 0 Å². The van der Waals surface area contributed by atoms with Gasteiger partial charge in [0.1, 0.15) is 23.5 Å². The molecule has 2 bridgehead atoms. The lowest BCUT2D eigenvalue weighted by Crippen LogP contribution is -2.48. The largest absolute Gasteiger partial charge is 0.463 e. The van der Waals surface area contributed by atoms with Gasteiger partial charge in [0.2, 0.25) is 5.76 Å². The zero-order valence-electron chi connectivity index (χ0n) is 15.1. The molecule has 0 saturated carbocycles. The second-order valence-corrected chi connectivity index (χ2v) is 6.97. The van der Waals surface area contributed by atoms with E-state index in [1.54, 1.807) is 12.1 Å². The molecule has 3 heterocycles. The average Bonchev–Trinajstić information content (AvgIpc) is 3.29. The summed E-state index contributed by atoms with van der Waals surface area (Å²) >= 11 is 0. The van der Waals surface area contributed by atoms with Crippen molar-refractivity contribution in [2.45, 2.75) is 51.1 Å². The first-order valence-electron chi connectivity index (χ1n) is 9.10. The Labute approximate surface area is 153 Å². The van der Waals surface area contributed by atoms with Crippen molar-refractivity contribution in [1.82, 2.24) is 5.32 Å². The molecular weight excluding hydrogens is 330 g/mol. The molecule has 2 aliphatic rings. The summed E-state index contributed by atoms with van der Waals surface area (Å²) in [6.07, 6.45) is 4.60. The fourth-order valence-electron chi connectivity index (χ4n) is 4.50. The molecule has 4 atom stereocenters. The highest BCUT2D eigenvalue weighted by Gasteiger charge is 2.45. The van der Waals surface area contributed by atoms with Gasteiger partial charge >= 0.3 is 5.97 Å². The van der Waals surface area contributed by atoms with Crippen molar-refractivity contribution < 1.29 is 13.9 Å². The number of methoxy groups -OCH3 is 1. The van der Waals surface area contributed by atoms with Crippen LogP contribution in [0.2, 0.25) is 0 Å². The molecule has 0 unspecified atom stereocenters. The van der Waals surface area contributed by atoms with Gasteiger partial charge in [-0.3, -0.25) is 0 Å². The van der Waals surface area contributed by atoms with Crippen LogP contribution < -0.4 is 5.32 Å². The Bertz CT molecular complexity index is 780. The highest BCUT2D eigenvalue weighted by molar-refractivity contribution is 5.86. The van der Waals surface area contributed by atoms with E-state index in [0.717, 1.165) is 31.3 Å². The number of fused-ring (bicyclic) bond motifs is 2. The summed E-state index contributed by atoms with van der Waals surface area (Å²) in [5.74, 6) is 0.565. The molecule has 1 N–H and O–H groups in total. The van der Waals surface area contributed by atoms with Crippen molar-refractivity contribution in [1.29, 1.82) is 10.5 Å². The van der Waals surface area contributed by atoms with Gasteiger partial charge in [-0.2, -0.15) is 10.5 Å². The summed E-state index contributed by atoms with van der Waals surface area (Å²) in [6.45, 7) is 2.13. The van der Waals surface area contributed by atoms with Crippen LogP contribution in [-0.4, -0.2) is 25.2 Å². The second kappa shape index (κ2) is 7.76. The number of nitrogens with zero attached hydrogens (tertiary/aromatic N) is 2. The van der Waals surface area contributed by atoms with Gasteiger partial charge in [0, 0.05) is 24.4 Å². The minimum Gasteiger partial charge on any atom is -0.463 e. The summed E-state index contributed by atoms with van der Waals surface area (Å²) in [5, 5.41) is 22.7. The lowest BCUT2D eigenvalue weighted by molar-refractivity contribution is 0.0562. The Kier molecular flexibility index (Phi) is 5.44. The second-order valence-electron chi connectivity index (χ2n) is 6.97. The van der Waals surface area contributed by atoms with Crippen molar-refractivity contribution in [2.75, 3.05) is 7.11 Å². The van der Waals surface area contributed by atoms with E-state index >= 15 is 0 Å². The summed E-state index contributed by atoms with van der Waals surface area (Å²) in [4.78, 5) is 11.6. The van der Waals surface area contributed by atoms with E-state index < -0.39 is 5.97 Å². The van der Waals surface area contributed by atoms with E-state index in [-0.39, 0.29) is 29.2 Å². The highest BCUT2D eigenvalue weighted by Crippen LogP contribution is 2.44. The predicted octanol–water partition coefficient (Wildman–Crippen LogP) is 3.12. The van der Waals surface area contributed by atoms with Crippen LogP contribution in [0.1, 0.15) is 48.9 Å². The lowest BCUT2D eigenvalue weighted by atomic mass is 9.73. The van der Waals surface area contributed by atoms with Gasteiger partial charge in [0.25, 0.3) is 0 Å². The molecule has 1 aromatic heterocycles. The van der Waals surface area contributed by atoms with E-state index in [4.69, 9.17) is 9.15 Å². The summed E-state index contributed by atoms with van der Waals surface area (Å²) in [5.41, 5.74) is 1.21. The zero-order chi connectivity index (χ0) is 18.7. The van der Waals surface area contributed by atoms with Crippen molar-refractivity contribution in [3.63, 3.8) is 0 Å². The first kappa shape index (κ1) is 18.2. The normalized spacial score (nSPS) is 26.8. The Morgan fingerprint density at radius 1 is 1.27 bits per heavy atom. The van der Waals surface area contributed by atoms with Crippen LogP contribution in [0.3, 0.4) is 0 Å². The third kappa shape index (κ3) is 3.25. The van der Waals surface area contributed by atoms with Gasteiger partial charge in [-0.1, -0.05) is 13.3 Å². The van der Waals surface area contributed by atoms with Gasteiger partial charge < -0.3 is 14.5 Å². The Balaban J connectivity index is 1.96. The maximum absolute atomic E-state index is 11.6. The lowest BCUT2D eigenvalue weighted by Gasteiger charge is -2.39. The number of carbonyl (C=O) groups is 1. The standard InChI is InChI=1S/C20H23N3O3/c1-3-4-14-16-6-7-17(23-16)15(19(14)12(10-21)11-22)9-13-5-8-18(26-13)20(24)25-2/h5,8,14-17,23H,3-4,6-7,9H2,1-2H3/t14-,15+,16-,17+/m0/s1. The monoisotopic (exact) mass is 353 g/mol. The molecule has 2 aliphatic heterocycles. The summed E-state index contributed by atoms with van der Waals surface area (Å²) in [6, 6.07) is 8.18. The van der Waals surface area contributed by atoms with Gasteiger partial charge in [-0.25, -0.2) is 4.79 Å². The fraction of sp³-hybridized carbons (Fsp3) is 0.550. The fourth-order valence-corrected chi connectivity index (χ4v) is 4.50. The molecule has 26 heavy (non-hydrogen) atoms. The minimum absolute atomic E-state index is 0.0243. The number of furan rings is 1. The molecule has 6 heteroatoms. The number of hydrogen-bond donors (Lipinski definition) is 1. The molecule has 6 nitrogen and oxygen atoms in total. The molecule has 0 spiro atoms. The van der Waals surface area contributed by atoms with E-state index in [1.807, 2.05) is 0 Å².